The highest BCUT2D eigenvalue weighted by Gasteiger charge is 2.30. The van der Waals surface area contributed by atoms with Gasteiger partial charge in [-0.25, -0.2) is 0 Å². The molecule has 0 amide bonds. The summed E-state index contributed by atoms with van der Waals surface area (Å²) in [5.74, 6) is 0.592. The van der Waals surface area contributed by atoms with Crippen LogP contribution in [0.15, 0.2) is 48.5 Å². The van der Waals surface area contributed by atoms with E-state index in [0.29, 0.717) is 31.0 Å². The number of rotatable bonds is 11. The first-order chi connectivity index (χ1) is 15.4. The summed E-state index contributed by atoms with van der Waals surface area (Å²) < 4.78 is 5.95. The predicted octanol–water partition coefficient (Wildman–Crippen LogP) is 5.01. The fourth-order valence-corrected chi connectivity index (χ4v) is 4.52. The standard InChI is InChI=1S/C26H35ClN2O3/c1-19-17-29(18-21-8-11-23(27)12-9-21)20(2)16-24(19)28-14-5-15-32-25-7-4-3-6-22(25)10-13-26(30)31/h3-4,6-9,11-12,19-20,24,28H,5,10,13-18H2,1-2H3,(H,30,31). The molecule has 3 atom stereocenters. The van der Waals surface area contributed by atoms with Crippen molar-refractivity contribution in [2.24, 2.45) is 5.92 Å². The molecule has 1 fully saturated rings. The Kier molecular flexibility index (Phi) is 9.39. The van der Waals surface area contributed by atoms with E-state index in [4.69, 9.17) is 21.4 Å². The lowest BCUT2D eigenvalue weighted by Gasteiger charge is -2.42. The maximum absolute atomic E-state index is 10.9. The minimum Gasteiger partial charge on any atom is -0.493 e. The molecule has 0 saturated carbocycles. The highest BCUT2D eigenvalue weighted by atomic mass is 35.5. The Morgan fingerprint density at radius 2 is 1.94 bits per heavy atom. The van der Waals surface area contributed by atoms with Gasteiger partial charge in [0.05, 0.1) is 6.61 Å². The number of carboxylic acid groups (broad SMARTS) is 1. The van der Waals surface area contributed by atoms with Gasteiger partial charge < -0.3 is 15.2 Å². The van der Waals surface area contributed by atoms with Gasteiger partial charge in [-0.15, -0.1) is 0 Å². The van der Waals surface area contributed by atoms with E-state index in [-0.39, 0.29) is 6.42 Å². The summed E-state index contributed by atoms with van der Waals surface area (Å²) in [6.07, 6.45) is 2.66. The number of likely N-dealkylation sites (tertiary alicyclic amines) is 1. The number of para-hydroxylation sites is 1. The Balaban J connectivity index is 1.39. The van der Waals surface area contributed by atoms with Crippen molar-refractivity contribution in [3.05, 3.63) is 64.7 Å². The molecule has 0 radical (unpaired) electrons. The van der Waals surface area contributed by atoms with Gasteiger partial charge in [-0.05, 0) is 68.0 Å². The van der Waals surface area contributed by atoms with Crippen LogP contribution in [0.3, 0.4) is 0 Å². The Labute approximate surface area is 196 Å². The van der Waals surface area contributed by atoms with Crippen LogP contribution in [0, 0.1) is 5.92 Å². The monoisotopic (exact) mass is 458 g/mol. The van der Waals surface area contributed by atoms with Gasteiger partial charge in [0.2, 0.25) is 0 Å². The maximum atomic E-state index is 10.9. The van der Waals surface area contributed by atoms with Crippen molar-refractivity contribution in [3.8, 4) is 5.75 Å². The summed E-state index contributed by atoms with van der Waals surface area (Å²) in [5, 5.41) is 13.4. The predicted molar refractivity (Wildman–Crippen MR) is 129 cm³/mol. The van der Waals surface area contributed by atoms with Gasteiger partial charge in [0, 0.05) is 36.6 Å². The van der Waals surface area contributed by atoms with Gasteiger partial charge >= 0.3 is 5.97 Å². The van der Waals surface area contributed by atoms with Gasteiger partial charge in [0.1, 0.15) is 5.75 Å². The molecule has 3 unspecified atom stereocenters. The molecular formula is C26H35ClN2O3. The van der Waals surface area contributed by atoms with Crippen molar-refractivity contribution in [3.63, 3.8) is 0 Å². The zero-order valence-corrected chi connectivity index (χ0v) is 19.9. The molecule has 1 aliphatic rings. The number of aliphatic carboxylic acids is 1. The number of ether oxygens (including phenoxy) is 1. The normalized spacial score (nSPS) is 21.4. The van der Waals surface area contributed by atoms with Gasteiger partial charge in [0.25, 0.3) is 0 Å². The molecule has 1 aliphatic heterocycles. The highest BCUT2D eigenvalue weighted by Crippen LogP contribution is 2.25. The van der Waals surface area contributed by atoms with Gasteiger partial charge in [-0.3, -0.25) is 9.69 Å². The zero-order valence-electron chi connectivity index (χ0n) is 19.1. The molecule has 3 rings (SSSR count). The molecule has 1 heterocycles. The SMILES string of the molecule is CC1CN(Cc2ccc(Cl)cc2)C(C)CC1NCCCOc1ccccc1CCC(=O)O. The number of halogens is 1. The van der Waals surface area contributed by atoms with Crippen molar-refractivity contribution in [1.82, 2.24) is 10.2 Å². The largest absolute Gasteiger partial charge is 0.493 e. The number of carbonyl (C=O) groups is 1. The molecule has 5 nitrogen and oxygen atoms in total. The molecule has 6 heteroatoms. The van der Waals surface area contributed by atoms with Crippen LogP contribution >= 0.6 is 11.6 Å². The molecular weight excluding hydrogens is 424 g/mol. The Hall–Kier alpha value is -2.08. The third kappa shape index (κ3) is 7.51. The van der Waals surface area contributed by atoms with Crippen molar-refractivity contribution in [2.75, 3.05) is 19.7 Å². The molecule has 2 aromatic rings. The third-order valence-corrected chi connectivity index (χ3v) is 6.54. The first-order valence-electron chi connectivity index (χ1n) is 11.6. The van der Waals surface area contributed by atoms with Gasteiger partial charge in [-0.1, -0.05) is 48.9 Å². The number of aryl methyl sites for hydroxylation is 1. The van der Waals surface area contributed by atoms with E-state index in [1.165, 1.54) is 5.56 Å². The zero-order chi connectivity index (χ0) is 22.9. The molecule has 174 valence electrons. The summed E-state index contributed by atoms with van der Waals surface area (Å²) in [6.45, 7) is 8.22. The molecule has 0 bridgehead atoms. The molecule has 2 N–H and O–H groups in total. The van der Waals surface area contributed by atoms with E-state index in [0.717, 1.165) is 48.8 Å². The first-order valence-corrected chi connectivity index (χ1v) is 11.9. The van der Waals surface area contributed by atoms with E-state index in [9.17, 15) is 4.79 Å². The van der Waals surface area contributed by atoms with E-state index in [2.05, 4.69) is 36.2 Å². The maximum Gasteiger partial charge on any atom is 0.303 e. The van der Waals surface area contributed by atoms with E-state index < -0.39 is 5.97 Å². The Morgan fingerprint density at radius 3 is 2.69 bits per heavy atom. The number of nitrogens with zero attached hydrogens (tertiary/aromatic N) is 1. The van der Waals surface area contributed by atoms with Crippen molar-refractivity contribution < 1.29 is 14.6 Å². The number of hydrogen-bond donors (Lipinski definition) is 2. The highest BCUT2D eigenvalue weighted by molar-refractivity contribution is 6.30. The van der Waals surface area contributed by atoms with E-state index >= 15 is 0 Å². The van der Waals surface area contributed by atoms with Crippen molar-refractivity contribution in [2.45, 2.75) is 58.2 Å². The van der Waals surface area contributed by atoms with Gasteiger partial charge in [0.15, 0.2) is 0 Å². The summed E-state index contributed by atoms with van der Waals surface area (Å²) in [7, 11) is 0. The first kappa shape index (κ1) is 24.6. The average Bonchev–Trinajstić information content (AvgIpc) is 2.77. The number of nitrogens with one attached hydrogen (secondary N) is 1. The minimum absolute atomic E-state index is 0.120. The van der Waals surface area contributed by atoms with Crippen LogP contribution < -0.4 is 10.1 Å². The lowest BCUT2D eigenvalue weighted by Crippen LogP contribution is -2.52. The minimum atomic E-state index is -0.786. The molecule has 0 aromatic heterocycles. The summed E-state index contributed by atoms with van der Waals surface area (Å²) >= 11 is 6.01. The summed E-state index contributed by atoms with van der Waals surface area (Å²) in [5.41, 5.74) is 2.26. The van der Waals surface area contributed by atoms with Crippen LogP contribution in [0.2, 0.25) is 5.02 Å². The summed E-state index contributed by atoms with van der Waals surface area (Å²) in [4.78, 5) is 13.4. The second kappa shape index (κ2) is 12.2. The number of piperidine rings is 1. The Bertz CT molecular complexity index is 858. The van der Waals surface area contributed by atoms with E-state index in [1.54, 1.807) is 0 Å². The molecule has 0 aliphatic carbocycles. The van der Waals surface area contributed by atoms with Crippen molar-refractivity contribution >= 4 is 17.6 Å². The lowest BCUT2D eigenvalue weighted by molar-refractivity contribution is -0.136. The third-order valence-electron chi connectivity index (χ3n) is 6.29. The second-order valence-corrected chi connectivity index (χ2v) is 9.32. The molecule has 0 spiro atoms. The van der Waals surface area contributed by atoms with Crippen molar-refractivity contribution in [1.29, 1.82) is 0 Å². The van der Waals surface area contributed by atoms with Crippen LogP contribution in [-0.2, 0) is 17.8 Å². The number of carboxylic acids is 1. The Morgan fingerprint density at radius 1 is 1.19 bits per heavy atom. The second-order valence-electron chi connectivity index (χ2n) is 8.88. The molecule has 32 heavy (non-hydrogen) atoms. The smallest absolute Gasteiger partial charge is 0.303 e. The fourth-order valence-electron chi connectivity index (χ4n) is 4.39. The molecule has 2 aromatic carbocycles. The lowest BCUT2D eigenvalue weighted by atomic mass is 9.89. The van der Waals surface area contributed by atoms with Crippen LogP contribution in [-0.4, -0.2) is 47.8 Å². The molecule has 1 saturated heterocycles. The topological polar surface area (TPSA) is 61.8 Å². The van der Waals surface area contributed by atoms with Crippen LogP contribution in [0.1, 0.15) is 44.2 Å². The number of hydrogen-bond acceptors (Lipinski definition) is 4. The van der Waals surface area contributed by atoms with E-state index in [1.807, 2.05) is 36.4 Å². The number of benzene rings is 2. The van der Waals surface area contributed by atoms with Crippen LogP contribution in [0.5, 0.6) is 5.75 Å². The summed E-state index contributed by atoms with van der Waals surface area (Å²) in [6, 6.07) is 16.9. The quantitative estimate of drug-likeness (QED) is 0.463. The van der Waals surface area contributed by atoms with Gasteiger partial charge in [-0.2, -0.15) is 0 Å². The fraction of sp³-hybridized carbons (Fsp3) is 0.500. The average molecular weight is 459 g/mol. The van der Waals surface area contributed by atoms with Crippen LogP contribution in [0.25, 0.3) is 0 Å². The van der Waals surface area contributed by atoms with Crippen LogP contribution in [0.4, 0.5) is 0 Å².